The molecule has 1 aromatic rings. The van der Waals surface area contributed by atoms with E-state index >= 15 is 0 Å². The molecule has 0 saturated carbocycles. The SMILES string of the molecule is CSc1cc(CBr)sc1Br. The third-order valence-corrected chi connectivity index (χ3v) is 5.02. The minimum atomic E-state index is 0.955. The summed E-state index contributed by atoms with van der Waals surface area (Å²) in [5.74, 6) is 0. The average molecular weight is 302 g/mol. The zero-order valence-corrected chi connectivity index (χ0v) is 10.2. The molecular weight excluding hydrogens is 296 g/mol. The van der Waals surface area contributed by atoms with Crippen LogP contribution in [0.4, 0.5) is 0 Å². The molecule has 4 heteroatoms. The van der Waals surface area contributed by atoms with Crippen molar-refractivity contribution in [3.05, 3.63) is 14.7 Å². The molecule has 1 heterocycles. The van der Waals surface area contributed by atoms with Crippen molar-refractivity contribution in [2.24, 2.45) is 0 Å². The van der Waals surface area contributed by atoms with Gasteiger partial charge in [-0.1, -0.05) is 15.9 Å². The molecule has 0 bridgehead atoms. The Morgan fingerprint density at radius 2 is 2.40 bits per heavy atom. The molecule has 0 radical (unpaired) electrons. The van der Waals surface area contributed by atoms with Crippen LogP contribution in [-0.4, -0.2) is 6.26 Å². The van der Waals surface area contributed by atoms with Crippen molar-refractivity contribution in [1.29, 1.82) is 0 Å². The van der Waals surface area contributed by atoms with Gasteiger partial charge in [-0.25, -0.2) is 0 Å². The topological polar surface area (TPSA) is 0 Å². The summed E-state index contributed by atoms with van der Waals surface area (Å²) in [6.07, 6.45) is 2.09. The average Bonchev–Trinajstić information content (AvgIpc) is 2.30. The van der Waals surface area contributed by atoms with Crippen LogP contribution >= 0.6 is 55.0 Å². The first kappa shape index (κ1) is 9.10. The number of thioether (sulfide) groups is 1. The standard InChI is InChI=1S/C6H6Br2S2/c1-9-5-2-4(3-7)10-6(5)8/h2H,3H2,1H3. The van der Waals surface area contributed by atoms with Crippen LogP contribution < -0.4 is 0 Å². The van der Waals surface area contributed by atoms with Gasteiger partial charge in [-0.3, -0.25) is 0 Å². The van der Waals surface area contributed by atoms with Crippen LogP contribution in [0, 0.1) is 0 Å². The molecule has 0 aliphatic heterocycles. The largest absolute Gasteiger partial charge is 0.131 e. The van der Waals surface area contributed by atoms with Crippen LogP contribution in [0.1, 0.15) is 4.88 Å². The zero-order chi connectivity index (χ0) is 7.56. The van der Waals surface area contributed by atoms with Crippen LogP contribution in [0.15, 0.2) is 14.7 Å². The number of hydrogen-bond acceptors (Lipinski definition) is 2. The highest BCUT2D eigenvalue weighted by Crippen LogP contribution is 2.34. The lowest BCUT2D eigenvalue weighted by Crippen LogP contribution is -1.61. The number of hydrogen-bond donors (Lipinski definition) is 0. The molecule has 0 unspecified atom stereocenters. The minimum absolute atomic E-state index is 0.955. The Kier molecular flexibility index (Phi) is 3.77. The Morgan fingerprint density at radius 1 is 1.70 bits per heavy atom. The van der Waals surface area contributed by atoms with Crippen molar-refractivity contribution in [2.75, 3.05) is 6.26 Å². The first-order chi connectivity index (χ1) is 4.77. The number of alkyl halides is 1. The summed E-state index contributed by atoms with van der Waals surface area (Å²) in [7, 11) is 0. The van der Waals surface area contributed by atoms with Crippen LogP contribution in [-0.2, 0) is 5.33 Å². The Labute approximate surface area is 85.7 Å². The predicted octanol–water partition coefficient (Wildman–Crippen LogP) is 4.13. The molecule has 0 nitrogen and oxygen atoms in total. The lowest BCUT2D eigenvalue weighted by molar-refractivity contribution is 1.47. The van der Waals surface area contributed by atoms with Crippen LogP contribution in [0.25, 0.3) is 0 Å². The van der Waals surface area contributed by atoms with E-state index in [2.05, 4.69) is 44.2 Å². The summed E-state index contributed by atoms with van der Waals surface area (Å²) in [6, 6.07) is 2.20. The van der Waals surface area contributed by atoms with Gasteiger partial charge in [0.25, 0.3) is 0 Å². The zero-order valence-electron chi connectivity index (χ0n) is 5.36. The van der Waals surface area contributed by atoms with Gasteiger partial charge in [0.2, 0.25) is 0 Å². The molecule has 0 atom stereocenters. The van der Waals surface area contributed by atoms with Crippen molar-refractivity contribution >= 4 is 55.0 Å². The second kappa shape index (κ2) is 4.14. The molecule has 0 fully saturated rings. The van der Waals surface area contributed by atoms with Gasteiger partial charge in [0.1, 0.15) is 0 Å². The van der Waals surface area contributed by atoms with E-state index in [4.69, 9.17) is 0 Å². The van der Waals surface area contributed by atoms with E-state index in [0.717, 1.165) is 5.33 Å². The fourth-order valence-electron chi connectivity index (χ4n) is 0.603. The molecule has 0 spiro atoms. The summed E-state index contributed by atoms with van der Waals surface area (Å²) >= 11 is 10.5. The van der Waals surface area contributed by atoms with Crippen LogP contribution in [0.3, 0.4) is 0 Å². The number of rotatable bonds is 2. The van der Waals surface area contributed by atoms with E-state index in [1.54, 1.807) is 23.1 Å². The third-order valence-electron chi connectivity index (χ3n) is 1.06. The van der Waals surface area contributed by atoms with Crippen molar-refractivity contribution in [2.45, 2.75) is 10.2 Å². The molecule has 56 valence electrons. The molecular formula is C6H6Br2S2. The third kappa shape index (κ3) is 2.00. The van der Waals surface area contributed by atoms with E-state index in [-0.39, 0.29) is 0 Å². The fourth-order valence-corrected chi connectivity index (χ4v) is 3.82. The lowest BCUT2D eigenvalue weighted by atomic mass is 10.5. The smallest absolute Gasteiger partial charge is 0.0837 e. The van der Waals surface area contributed by atoms with Crippen LogP contribution in [0.5, 0.6) is 0 Å². The monoisotopic (exact) mass is 300 g/mol. The van der Waals surface area contributed by atoms with Gasteiger partial charge >= 0.3 is 0 Å². The summed E-state index contributed by atoms with van der Waals surface area (Å²) in [5, 5.41) is 0.955. The summed E-state index contributed by atoms with van der Waals surface area (Å²) in [5.41, 5.74) is 0. The maximum atomic E-state index is 3.49. The van der Waals surface area contributed by atoms with Gasteiger partial charge in [-0.05, 0) is 28.3 Å². The summed E-state index contributed by atoms with van der Waals surface area (Å²) < 4.78 is 1.24. The highest BCUT2D eigenvalue weighted by atomic mass is 79.9. The molecule has 1 rings (SSSR count). The molecule has 0 N–H and O–H groups in total. The molecule has 0 saturated heterocycles. The van der Waals surface area contributed by atoms with Gasteiger partial charge in [0, 0.05) is 15.1 Å². The van der Waals surface area contributed by atoms with E-state index in [1.807, 2.05) is 0 Å². The van der Waals surface area contributed by atoms with E-state index < -0.39 is 0 Å². The van der Waals surface area contributed by atoms with Gasteiger partial charge in [-0.15, -0.1) is 23.1 Å². The molecule has 0 aromatic carbocycles. The molecule has 0 aliphatic rings. The molecule has 10 heavy (non-hydrogen) atoms. The predicted molar refractivity (Wildman–Crippen MR) is 56.4 cm³/mol. The van der Waals surface area contributed by atoms with Crippen molar-refractivity contribution in [3.8, 4) is 0 Å². The Hall–Kier alpha value is 1.01. The molecule has 0 amide bonds. The first-order valence-electron chi connectivity index (χ1n) is 2.66. The maximum absolute atomic E-state index is 3.49. The van der Waals surface area contributed by atoms with Crippen molar-refractivity contribution in [1.82, 2.24) is 0 Å². The quantitative estimate of drug-likeness (QED) is 0.585. The van der Waals surface area contributed by atoms with Gasteiger partial charge in [0.15, 0.2) is 0 Å². The minimum Gasteiger partial charge on any atom is -0.131 e. The van der Waals surface area contributed by atoms with Gasteiger partial charge in [0.05, 0.1) is 3.79 Å². The van der Waals surface area contributed by atoms with E-state index in [0.29, 0.717) is 0 Å². The van der Waals surface area contributed by atoms with Gasteiger partial charge in [-0.2, -0.15) is 0 Å². The highest BCUT2D eigenvalue weighted by molar-refractivity contribution is 9.11. The second-order valence-electron chi connectivity index (χ2n) is 1.69. The summed E-state index contributed by atoms with van der Waals surface area (Å²) in [6.45, 7) is 0. The Balaban J connectivity index is 2.92. The van der Waals surface area contributed by atoms with Crippen molar-refractivity contribution in [3.63, 3.8) is 0 Å². The lowest BCUT2D eigenvalue weighted by Gasteiger charge is -1.85. The van der Waals surface area contributed by atoms with Crippen LogP contribution in [0.2, 0.25) is 0 Å². The van der Waals surface area contributed by atoms with Crippen molar-refractivity contribution < 1.29 is 0 Å². The second-order valence-corrected chi connectivity index (χ2v) is 5.55. The van der Waals surface area contributed by atoms with E-state index in [1.165, 1.54) is 13.6 Å². The van der Waals surface area contributed by atoms with Gasteiger partial charge < -0.3 is 0 Å². The molecule has 0 aliphatic carbocycles. The highest BCUT2D eigenvalue weighted by Gasteiger charge is 2.03. The summed E-state index contributed by atoms with van der Waals surface area (Å²) in [4.78, 5) is 2.70. The first-order valence-corrected chi connectivity index (χ1v) is 6.61. The molecule has 1 aromatic heterocycles. The Bertz CT molecular complexity index is 220. The number of halogens is 2. The Morgan fingerprint density at radius 3 is 2.70 bits per heavy atom. The normalized spacial score (nSPS) is 10.3. The van der Waals surface area contributed by atoms with E-state index in [9.17, 15) is 0 Å². The maximum Gasteiger partial charge on any atom is 0.0837 e. The number of thiophene rings is 1. The fraction of sp³-hybridized carbons (Fsp3) is 0.333.